The fourth-order valence-electron chi connectivity index (χ4n) is 1.99. The van der Waals surface area contributed by atoms with Gasteiger partial charge >= 0.3 is 0 Å². The van der Waals surface area contributed by atoms with Crippen LogP contribution in [-0.4, -0.2) is 9.55 Å². The molecule has 0 spiro atoms. The van der Waals surface area contributed by atoms with Gasteiger partial charge in [0.1, 0.15) is 5.82 Å². The molecule has 0 fully saturated rings. The molecule has 2 rings (SSSR count). The van der Waals surface area contributed by atoms with Crippen molar-refractivity contribution in [2.75, 3.05) is 0 Å². The molecule has 1 heterocycles. The first-order valence-corrected chi connectivity index (χ1v) is 5.93. The second kappa shape index (κ2) is 5.15. The summed E-state index contributed by atoms with van der Waals surface area (Å²) in [6.07, 6.45) is 3.80. The highest BCUT2D eigenvalue weighted by atomic mass is 15.1. The lowest BCUT2D eigenvalue weighted by Crippen LogP contribution is -2.20. The van der Waals surface area contributed by atoms with Gasteiger partial charge in [-0.3, -0.25) is 0 Å². The first kappa shape index (κ1) is 11.9. The standard InChI is InChI=1S/C14H19N3/c1-11-6-4-5-7-13(11)12(2)16-10-14-15-8-9-17(14)3/h4-9,12,16H,10H2,1-3H3/t12-/m1/s1. The second-order valence-electron chi connectivity index (χ2n) is 4.41. The zero-order chi connectivity index (χ0) is 12.3. The third kappa shape index (κ3) is 2.74. The lowest BCUT2D eigenvalue weighted by Gasteiger charge is -2.16. The SMILES string of the molecule is Cc1ccccc1[C@@H](C)NCc1nccn1C. The van der Waals surface area contributed by atoms with Crippen LogP contribution in [-0.2, 0) is 13.6 Å². The monoisotopic (exact) mass is 229 g/mol. The van der Waals surface area contributed by atoms with Crippen molar-refractivity contribution in [3.8, 4) is 0 Å². The molecule has 0 radical (unpaired) electrons. The molecule has 0 aliphatic heterocycles. The molecule has 3 heteroatoms. The van der Waals surface area contributed by atoms with Crippen molar-refractivity contribution in [1.82, 2.24) is 14.9 Å². The highest BCUT2D eigenvalue weighted by Gasteiger charge is 2.08. The van der Waals surface area contributed by atoms with Crippen LogP contribution in [0, 0.1) is 6.92 Å². The predicted octanol–water partition coefficient (Wildman–Crippen LogP) is 2.58. The topological polar surface area (TPSA) is 29.9 Å². The number of nitrogens with zero attached hydrogens (tertiary/aromatic N) is 2. The lowest BCUT2D eigenvalue weighted by atomic mass is 10.0. The van der Waals surface area contributed by atoms with Crippen LogP contribution in [0.25, 0.3) is 0 Å². The number of aromatic nitrogens is 2. The summed E-state index contributed by atoms with van der Waals surface area (Å²) in [7, 11) is 2.02. The average Bonchev–Trinajstić information content (AvgIpc) is 2.72. The largest absolute Gasteiger partial charge is 0.337 e. The van der Waals surface area contributed by atoms with E-state index in [-0.39, 0.29) is 0 Å². The third-order valence-electron chi connectivity index (χ3n) is 3.14. The first-order valence-electron chi connectivity index (χ1n) is 5.93. The van der Waals surface area contributed by atoms with Gasteiger partial charge in [0.15, 0.2) is 0 Å². The molecule has 3 nitrogen and oxygen atoms in total. The molecule has 1 atom stereocenters. The molecule has 0 unspecified atom stereocenters. The number of aryl methyl sites for hydroxylation is 2. The van der Waals surface area contributed by atoms with Crippen LogP contribution in [0.5, 0.6) is 0 Å². The van der Waals surface area contributed by atoms with Crippen LogP contribution in [0.3, 0.4) is 0 Å². The van der Waals surface area contributed by atoms with Gasteiger partial charge in [-0.05, 0) is 25.0 Å². The summed E-state index contributed by atoms with van der Waals surface area (Å²) in [5.74, 6) is 1.06. The highest BCUT2D eigenvalue weighted by Crippen LogP contribution is 2.16. The Labute approximate surface area is 103 Å². The Morgan fingerprint density at radius 2 is 2.12 bits per heavy atom. The molecule has 17 heavy (non-hydrogen) atoms. The Balaban J connectivity index is 2.01. The number of hydrogen-bond donors (Lipinski definition) is 1. The maximum atomic E-state index is 4.30. The van der Waals surface area contributed by atoms with Gasteiger partial charge in [-0.1, -0.05) is 24.3 Å². The fourth-order valence-corrected chi connectivity index (χ4v) is 1.99. The van der Waals surface area contributed by atoms with Crippen LogP contribution in [0.1, 0.15) is 29.9 Å². The Bertz CT molecular complexity index is 488. The van der Waals surface area contributed by atoms with E-state index in [0.717, 1.165) is 12.4 Å². The summed E-state index contributed by atoms with van der Waals surface area (Å²) in [4.78, 5) is 4.30. The summed E-state index contributed by atoms with van der Waals surface area (Å²) >= 11 is 0. The zero-order valence-corrected chi connectivity index (χ0v) is 10.6. The van der Waals surface area contributed by atoms with Crippen molar-refractivity contribution < 1.29 is 0 Å². The Morgan fingerprint density at radius 1 is 1.35 bits per heavy atom. The fraction of sp³-hybridized carbons (Fsp3) is 0.357. The molecular weight excluding hydrogens is 210 g/mol. The summed E-state index contributed by atoms with van der Waals surface area (Å²) in [5, 5.41) is 3.50. The van der Waals surface area contributed by atoms with E-state index < -0.39 is 0 Å². The van der Waals surface area contributed by atoms with Gasteiger partial charge in [-0.15, -0.1) is 0 Å². The normalized spacial score (nSPS) is 12.6. The molecule has 1 aromatic heterocycles. The Hall–Kier alpha value is -1.61. The second-order valence-corrected chi connectivity index (χ2v) is 4.41. The molecule has 1 aromatic carbocycles. The van der Waals surface area contributed by atoms with E-state index in [0.29, 0.717) is 6.04 Å². The summed E-state index contributed by atoms with van der Waals surface area (Å²) in [6.45, 7) is 5.12. The molecule has 0 bridgehead atoms. The van der Waals surface area contributed by atoms with E-state index in [1.54, 1.807) is 0 Å². The van der Waals surface area contributed by atoms with Crippen LogP contribution in [0.15, 0.2) is 36.7 Å². The van der Waals surface area contributed by atoms with E-state index in [4.69, 9.17) is 0 Å². The van der Waals surface area contributed by atoms with Crippen molar-refractivity contribution in [1.29, 1.82) is 0 Å². The van der Waals surface area contributed by atoms with E-state index >= 15 is 0 Å². The first-order chi connectivity index (χ1) is 8.18. The number of benzene rings is 1. The predicted molar refractivity (Wildman–Crippen MR) is 69.6 cm³/mol. The number of hydrogen-bond acceptors (Lipinski definition) is 2. The molecule has 90 valence electrons. The van der Waals surface area contributed by atoms with Gasteiger partial charge in [0.05, 0.1) is 6.54 Å². The minimum absolute atomic E-state index is 0.341. The summed E-state index contributed by atoms with van der Waals surface area (Å²) < 4.78 is 2.04. The Kier molecular flexibility index (Phi) is 3.59. The van der Waals surface area contributed by atoms with E-state index in [1.807, 2.05) is 24.0 Å². The van der Waals surface area contributed by atoms with Crippen molar-refractivity contribution in [2.45, 2.75) is 26.4 Å². The van der Waals surface area contributed by atoms with E-state index in [2.05, 4.69) is 48.4 Å². The molecule has 0 aliphatic rings. The van der Waals surface area contributed by atoms with Crippen molar-refractivity contribution >= 4 is 0 Å². The molecule has 0 saturated carbocycles. The van der Waals surface area contributed by atoms with E-state index in [9.17, 15) is 0 Å². The minimum atomic E-state index is 0.341. The quantitative estimate of drug-likeness (QED) is 0.873. The van der Waals surface area contributed by atoms with Crippen molar-refractivity contribution in [3.63, 3.8) is 0 Å². The van der Waals surface area contributed by atoms with Crippen molar-refractivity contribution in [2.24, 2.45) is 7.05 Å². The number of imidazole rings is 1. The zero-order valence-electron chi connectivity index (χ0n) is 10.6. The molecule has 1 N–H and O–H groups in total. The summed E-state index contributed by atoms with van der Waals surface area (Å²) in [6, 6.07) is 8.82. The smallest absolute Gasteiger partial charge is 0.122 e. The number of rotatable bonds is 4. The highest BCUT2D eigenvalue weighted by molar-refractivity contribution is 5.28. The van der Waals surface area contributed by atoms with Crippen LogP contribution < -0.4 is 5.32 Å². The van der Waals surface area contributed by atoms with Gasteiger partial charge in [0.25, 0.3) is 0 Å². The van der Waals surface area contributed by atoms with Crippen LogP contribution >= 0.6 is 0 Å². The Morgan fingerprint density at radius 3 is 2.76 bits per heavy atom. The molecular formula is C14H19N3. The molecule has 0 amide bonds. The third-order valence-corrected chi connectivity index (χ3v) is 3.14. The van der Waals surface area contributed by atoms with Gasteiger partial charge in [-0.2, -0.15) is 0 Å². The van der Waals surface area contributed by atoms with Crippen LogP contribution in [0.4, 0.5) is 0 Å². The maximum Gasteiger partial charge on any atom is 0.122 e. The average molecular weight is 229 g/mol. The molecule has 0 saturated heterocycles. The molecule has 0 aliphatic carbocycles. The van der Waals surface area contributed by atoms with Gasteiger partial charge in [0.2, 0.25) is 0 Å². The van der Waals surface area contributed by atoms with E-state index in [1.165, 1.54) is 11.1 Å². The van der Waals surface area contributed by atoms with Gasteiger partial charge in [0, 0.05) is 25.5 Å². The molecule has 2 aromatic rings. The van der Waals surface area contributed by atoms with Crippen LogP contribution in [0.2, 0.25) is 0 Å². The lowest BCUT2D eigenvalue weighted by molar-refractivity contribution is 0.547. The minimum Gasteiger partial charge on any atom is -0.337 e. The number of nitrogens with one attached hydrogen (secondary N) is 1. The van der Waals surface area contributed by atoms with Gasteiger partial charge in [-0.25, -0.2) is 4.98 Å². The summed E-state index contributed by atoms with van der Waals surface area (Å²) in [5.41, 5.74) is 2.68. The van der Waals surface area contributed by atoms with Crippen molar-refractivity contribution in [3.05, 3.63) is 53.6 Å². The maximum absolute atomic E-state index is 4.30. The van der Waals surface area contributed by atoms with Gasteiger partial charge < -0.3 is 9.88 Å².